The van der Waals surface area contributed by atoms with Crippen molar-refractivity contribution in [3.8, 4) is 5.75 Å². The first-order valence-corrected chi connectivity index (χ1v) is 6.80. The molecule has 0 saturated heterocycles. The third-order valence-electron chi connectivity index (χ3n) is 2.79. The monoisotopic (exact) mass is 337 g/mol. The van der Waals surface area contributed by atoms with Crippen molar-refractivity contribution in [1.29, 1.82) is 0 Å². The van der Waals surface area contributed by atoms with Crippen LogP contribution in [0.2, 0.25) is 0 Å². The third-order valence-corrected chi connectivity index (χ3v) is 3.29. The second-order valence-corrected chi connectivity index (χ2v) is 5.46. The average Bonchev–Trinajstić information content (AvgIpc) is 2.32. The van der Waals surface area contributed by atoms with Gasteiger partial charge in [0.05, 0.1) is 6.61 Å². The maximum Gasteiger partial charge on any atom is 0.387 e. The Balaban J connectivity index is 2.77. The molecule has 3 nitrogen and oxygen atoms in total. The number of nitrogens with one attached hydrogen (secondary N) is 1. The molecule has 0 aromatic heterocycles. The Morgan fingerprint density at radius 2 is 2.05 bits per heavy atom. The average molecular weight is 338 g/mol. The number of ether oxygens (including phenoxy) is 1. The molecule has 1 atom stereocenters. The van der Waals surface area contributed by atoms with Gasteiger partial charge in [-0.2, -0.15) is 8.78 Å². The smallest absolute Gasteiger partial charge is 0.387 e. The Kier molecular flexibility index (Phi) is 6.68. The number of rotatable bonds is 7. The van der Waals surface area contributed by atoms with Gasteiger partial charge in [0.15, 0.2) is 0 Å². The fraction of sp³-hybridized carbons (Fsp3) is 0.538. The van der Waals surface area contributed by atoms with Gasteiger partial charge < -0.3 is 15.2 Å². The van der Waals surface area contributed by atoms with Crippen molar-refractivity contribution in [2.45, 2.75) is 33.0 Å². The molecule has 0 aliphatic rings. The topological polar surface area (TPSA) is 41.5 Å². The lowest BCUT2D eigenvalue weighted by Gasteiger charge is -2.21. The highest BCUT2D eigenvalue weighted by Crippen LogP contribution is 2.25. The van der Waals surface area contributed by atoms with Gasteiger partial charge in [0.25, 0.3) is 0 Å². The molecular weight excluding hydrogens is 320 g/mol. The summed E-state index contributed by atoms with van der Waals surface area (Å²) in [5.74, 6) is 0.391. The van der Waals surface area contributed by atoms with Crippen LogP contribution in [0.3, 0.4) is 0 Å². The molecule has 0 fully saturated rings. The summed E-state index contributed by atoms with van der Waals surface area (Å²) in [7, 11) is 0. The molecule has 6 heteroatoms. The Morgan fingerprint density at radius 3 is 2.58 bits per heavy atom. The molecule has 0 radical (unpaired) electrons. The second-order valence-electron chi connectivity index (χ2n) is 4.54. The first kappa shape index (κ1) is 16.3. The summed E-state index contributed by atoms with van der Waals surface area (Å²) in [5.41, 5.74) is 0.619. The highest BCUT2D eigenvalue weighted by atomic mass is 79.9. The van der Waals surface area contributed by atoms with Crippen molar-refractivity contribution in [2.75, 3.05) is 6.61 Å². The van der Waals surface area contributed by atoms with Gasteiger partial charge in [0, 0.05) is 22.6 Å². The maximum absolute atomic E-state index is 12.3. The molecule has 1 aromatic rings. The molecule has 0 unspecified atom stereocenters. The van der Waals surface area contributed by atoms with E-state index in [1.807, 2.05) is 13.8 Å². The van der Waals surface area contributed by atoms with Gasteiger partial charge in [-0.1, -0.05) is 29.8 Å². The standard InChI is InChI=1S/C13H18BrF2NO2/c1-8(2)11(7-18)17-6-9-5-10(14)3-4-12(9)19-13(15)16/h3-5,8,11,13,17-18H,6-7H2,1-2H3/t11-/m1/s1. The number of halogens is 3. The van der Waals surface area contributed by atoms with Gasteiger partial charge in [-0.25, -0.2) is 0 Å². The van der Waals surface area contributed by atoms with Crippen molar-refractivity contribution in [2.24, 2.45) is 5.92 Å². The summed E-state index contributed by atoms with van der Waals surface area (Å²) >= 11 is 3.30. The largest absolute Gasteiger partial charge is 0.434 e. The fourth-order valence-corrected chi connectivity index (χ4v) is 2.06. The molecule has 0 aliphatic heterocycles. The number of hydrogen-bond acceptors (Lipinski definition) is 3. The van der Waals surface area contributed by atoms with E-state index in [9.17, 15) is 13.9 Å². The van der Waals surface area contributed by atoms with Crippen LogP contribution in [0.5, 0.6) is 5.75 Å². The van der Waals surface area contributed by atoms with E-state index in [-0.39, 0.29) is 24.3 Å². The van der Waals surface area contributed by atoms with Crippen molar-refractivity contribution >= 4 is 15.9 Å². The minimum Gasteiger partial charge on any atom is -0.434 e. The van der Waals surface area contributed by atoms with Gasteiger partial charge in [-0.15, -0.1) is 0 Å². The van der Waals surface area contributed by atoms with Crippen LogP contribution >= 0.6 is 15.9 Å². The van der Waals surface area contributed by atoms with Gasteiger partial charge in [-0.05, 0) is 24.1 Å². The first-order valence-electron chi connectivity index (χ1n) is 6.01. The van der Waals surface area contributed by atoms with Crippen LogP contribution in [0.15, 0.2) is 22.7 Å². The summed E-state index contributed by atoms with van der Waals surface area (Å²) in [6.45, 7) is 1.46. The summed E-state index contributed by atoms with van der Waals surface area (Å²) in [6.07, 6.45) is 0. The van der Waals surface area contributed by atoms with Crippen molar-refractivity contribution < 1.29 is 18.6 Å². The molecule has 0 spiro atoms. The fourth-order valence-electron chi connectivity index (χ4n) is 1.65. The molecule has 0 amide bonds. The van der Waals surface area contributed by atoms with Crippen LogP contribution in [0.25, 0.3) is 0 Å². The summed E-state index contributed by atoms with van der Waals surface area (Å²) in [4.78, 5) is 0. The van der Waals surface area contributed by atoms with E-state index in [0.717, 1.165) is 4.47 Å². The van der Waals surface area contributed by atoms with Crippen molar-refractivity contribution in [1.82, 2.24) is 5.32 Å². The van der Waals surface area contributed by atoms with E-state index in [1.54, 1.807) is 12.1 Å². The van der Waals surface area contributed by atoms with Crippen LogP contribution in [-0.2, 0) is 6.54 Å². The molecule has 0 aliphatic carbocycles. The molecule has 1 aromatic carbocycles. The number of hydrogen-bond donors (Lipinski definition) is 2. The van der Waals surface area contributed by atoms with Gasteiger partial charge in [0.1, 0.15) is 5.75 Å². The van der Waals surface area contributed by atoms with E-state index in [4.69, 9.17) is 0 Å². The SMILES string of the molecule is CC(C)[C@@H](CO)NCc1cc(Br)ccc1OC(F)F. The number of alkyl halides is 2. The Bertz CT molecular complexity index is 402. The zero-order chi connectivity index (χ0) is 14.4. The van der Waals surface area contributed by atoms with Gasteiger partial charge in [0.2, 0.25) is 0 Å². The molecule has 0 bridgehead atoms. The Hall–Kier alpha value is -0.720. The maximum atomic E-state index is 12.3. The van der Waals surface area contributed by atoms with Crippen molar-refractivity contribution in [3.05, 3.63) is 28.2 Å². The normalized spacial score (nSPS) is 13.1. The summed E-state index contributed by atoms with van der Waals surface area (Å²) in [6, 6.07) is 4.78. The van der Waals surface area contributed by atoms with Crippen molar-refractivity contribution in [3.63, 3.8) is 0 Å². The number of benzene rings is 1. The van der Waals surface area contributed by atoms with E-state index in [2.05, 4.69) is 26.0 Å². The predicted molar refractivity (Wildman–Crippen MR) is 73.3 cm³/mol. The molecular formula is C13H18BrF2NO2. The van der Waals surface area contributed by atoms with Crippen LogP contribution in [-0.4, -0.2) is 24.4 Å². The van der Waals surface area contributed by atoms with E-state index < -0.39 is 6.61 Å². The van der Waals surface area contributed by atoms with E-state index in [0.29, 0.717) is 12.1 Å². The Labute approximate surface area is 120 Å². The molecule has 19 heavy (non-hydrogen) atoms. The third kappa shape index (κ3) is 5.42. The van der Waals surface area contributed by atoms with Gasteiger partial charge >= 0.3 is 6.61 Å². The zero-order valence-electron chi connectivity index (χ0n) is 10.9. The molecule has 2 N–H and O–H groups in total. The molecule has 0 heterocycles. The van der Waals surface area contributed by atoms with Gasteiger partial charge in [-0.3, -0.25) is 0 Å². The highest BCUT2D eigenvalue weighted by molar-refractivity contribution is 9.10. The van der Waals surface area contributed by atoms with Crippen LogP contribution < -0.4 is 10.1 Å². The quantitative estimate of drug-likeness (QED) is 0.803. The minimum absolute atomic E-state index is 0.00327. The second kappa shape index (κ2) is 7.77. The zero-order valence-corrected chi connectivity index (χ0v) is 12.5. The highest BCUT2D eigenvalue weighted by Gasteiger charge is 2.14. The lowest BCUT2D eigenvalue weighted by atomic mass is 10.0. The Morgan fingerprint density at radius 1 is 1.37 bits per heavy atom. The summed E-state index contributed by atoms with van der Waals surface area (Å²) in [5, 5.41) is 12.4. The molecule has 108 valence electrons. The van der Waals surface area contributed by atoms with Crippen LogP contribution in [0.1, 0.15) is 19.4 Å². The van der Waals surface area contributed by atoms with E-state index >= 15 is 0 Å². The lowest BCUT2D eigenvalue weighted by Crippen LogP contribution is -2.36. The lowest BCUT2D eigenvalue weighted by molar-refractivity contribution is -0.0505. The predicted octanol–water partition coefficient (Wildman–Crippen LogP) is 3.16. The summed E-state index contributed by atoms with van der Waals surface area (Å²) < 4.78 is 29.9. The molecule has 0 saturated carbocycles. The first-order chi connectivity index (χ1) is 8.93. The van der Waals surface area contributed by atoms with Crippen LogP contribution in [0.4, 0.5) is 8.78 Å². The number of aliphatic hydroxyl groups is 1. The molecule has 1 rings (SSSR count). The number of aliphatic hydroxyl groups excluding tert-OH is 1. The van der Waals surface area contributed by atoms with E-state index in [1.165, 1.54) is 6.07 Å². The minimum atomic E-state index is -2.85. The van der Waals surface area contributed by atoms with Crippen LogP contribution in [0, 0.1) is 5.92 Å².